The predicted octanol–water partition coefficient (Wildman–Crippen LogP) is 5.56. The van der Waals surface area contributed by atoms with Gasteiger partial charge in [-0.1, -0.05) is 48.5 Å². The van der Waals surface area contributed by atoms with Crippen molar-refractivity contribution in [3.63, 3.8) is 0 Å². The zero-order valence-electron chi connectivity index (χ0n) is 18.1. The molecule has 0 radical (unpaired) electrons. The maximum Gasteiger partial charge on any atom is 0.259 e. The number of amides is 1. The van der Waals surface area contributed by atoms with E-state index in [1.54, 1.807) is 53.6 Å². The van der Waals surface area contributed by atoms with E-state index in [2.05, 4.69) is 10.3 Å². The Kier molecular flexibility index (Phi) is 5.73. The van der Waals surface area contributed by atoms with Crippen molar-refractivity contribution < 1.29 is 9.53 Å². The number of nitrogen functional groups attached to an aromatic ring is 1. The number of nitrogens with zero attached hydrogens (tertiary/aromatic N) is 3. The number of nitrogens with two attached hydrogens (primary N) is 1. The Bertz CT molecular complexity index is 1420. The van der Waals surface area contributed by atoms with Gasteiger partial charge in [-0.2, -0.15) is 5.10 Å². The number of carbonyl (C=O) groups excluding carboxylic acids is 1. The number of rotatable bonds is 6. The van der Waals surface area contributed by atoms with Gasteiger partial charge in [-0.15, -0.1) is 0 Å². The Balaban J connectivity index is 1.47. The van der Waals surface area contributed by atoms with Crippen molar-refractivity contribution in [2.24, 2.45) is 0 Å². The average Bonchev–Trinajstić information content (AvgIpc) is 3.31. The zero-order valence-corrected chi connectivity index (χ0v) is 18.1. The van der Waals surface area contributed by atoms with Gasteiger partial charge >= 0.3 is 0 Å². The first-order chi connectivity index (χ1) is 16.7. The van der Waals surface area contributed by atoms with E-state index < -0.39 is 0 Å². The van der Waals surface area contributed by atoms with E-state index in [0.717, 1.165) is 11.3 Å². The second kappa shape index (κ2) is 9.30. The molecule has 3 aromatic carbocycles. The summed E-state index contributed by atoms with van der Waals surface area (Å²) >= 11 is 0. The second-order valence-corrected chi connectivity index (χ2v) is 7.57. The lowest BCUT2D eigenvalue weighted by atomic mass is 10.1. The molecule has 34 heavy (non-hydrogen) atoms. The van der Waals surface area contributed by atoms with E-state index in [-0.39, 0.29) is 5.91 Å². The topological polar surface area (TPSA) is 95.1 Å². The van der Waals surface area contributed by atoms with Crippen molar-refractivity contribution in [2.45, 2.75) is 0 Å². The third-order valence-corrected chi connectivity index (χ3v) is 5.08. The molecule has 7 nitrogen and oxygen atoms in total. The molecule has 0 bridgehead atoms. The molecule has 1 amide bonds. The number of anilines is 2. The van der Waals surface area contributed by atoms with Gasteiger partial charge in [0.15, 0.2) is 0 Å². The fourth-order valence-corrected chi connectivity index (χ4v) is 3.56. The second-order valence-electron chi connectivity index (χ2n) is 7.57. The normalized spacial score (nSPS) is 10.6. The van der Waals surface area contributed by atoms with Gasteiger partial charge in [0, 0.05) is 41.5 Å². The molecule has 0 saturated carbocycles. The van der Waals surface area contributed by atoms with Crippen molar-refractivity contribution in [1.29, 1.82) is 0 Å². The van der Waals surface area contributed by atoms with E-state index in [4.69, 9.17) is 15.6 Å². The van der Waals surface area contributed by atoms with Crippen molar-refractivity contribution >= 4 is 17.3 Å². The van der Waals surface area contributed by atoms with Gasteiger partial charge in [0.1, 0.15) is 17.2 Å². The molecule has 0 fully saturated rings. The lowest BCUT2D eigenvalue weighted by Crippen LogP contribution is -2.12. The fourth-order valence-electron chi connectivity index (χ4n) is 3.56. The van der Waals surface area contributed by atoms with Gasteiger partial charge in [-0.25, -0.2) is 4.68 Å². The average molecular weight is 447 g/mol. The van der Waals surface area contributed by atoms with Gasteiger partial charge in [0.05, 0.1) is 17.4 Å². The van der Waals surface area contributed by atoms with Crippen LogP contribution in [0.5, 0.6) is 11.5 Å². The first-order valence-electron chi connectivity index (χ1n) is 10.7. The van der Waals surface area contributed by atoms with Crippen LogP contribution in [0.4, 0.5) is 11.4 Å². The summed E-state index contributed by atoms with van der Waals surface area (Å²) < 4.78 is 7.53. The van der Waals surface area contributed by atoms with E-state index in [1.165, 1.54) is 0 Å². The molecule has 3 N–H and O–H groups in total. The minimum Gasteiger partial charge on any atom is -0.456 e. The van der Waals surface area contributed by atoms with E-state index in [0.29, 0.717) is 34.1 Å². The van der Waals surface area contributed by atoms with Crippen LogP contribution in [0.1, 0.15) is 10.4 Å². The molecule has 0 spiro atoms. The number of nitrogens with one attached hydrogen (secondary N) is 1. The number of benzene rings is 3. The molecule has 0 atom stereocenters. The largest absolute Gasteiger partial charge is 0.456 e. The highest BCUT2D eigenvalue weighted by molar-refractivity contribution is 6.08. The van der Waals surface area contributed by atoms with Crippen molar-refractivity contribution in [3.05, 3.63) is 115 Å². The van der Waals surface area contributed by atoms with E-state index in [1.807, 2.05) is 60.7 Å². The highest BCUT2D eigenvalue weighted by Crippen LogP contribution is 2.29. The summed E-state index contributed by atoms with van der Waals surface area (Å²) in [6.07, 6.45) is 5.00. The number of hydrogen-bond acceptors (Lipinski definition) is 5. The highest BCUT2D eigenvalue weighted by atomic mass is 16.5. The molecule has 166 valence electrons. The van der Waals surface area contributed by atoms with Gasteiger partial charge in [0.25, 0.3) is 5.91 Å². The molecule has 2 heterocycles. The number of hydrogen-bond donors (Lipinski definition) is 2. The molecule has 0 saturated heterocycles. The summed E-state index contributed by atoms with van der Waals surface area (Å²) in [5, 5.41) is 7.64. The Morgan fingerprint density at radius 1 is 0.882 bits per heavy atom. The summed E-state index contributed by atoms with van der Waals surface area (Å²) in [5.74, 6) is 0.756. The first-order valence-corrected chi connectivity index (χ1v) is 10.7. The van der Waals surface area contributed by atoms with Crippen molar-refractivity contribution in [1.82, 2.24) is 14.8 Å². The molecule has 7 heteroatoms. The maximum absolute atomic E-state index is 13.4. The maximum atomic E-state index is 13.4. The number of pyridine rings is 1. The summed E-state index contributed by atoms with van der Waals surface area (Å²) in [6.45, 7) is 0. The summed E-state index contributed by atoms with van der Waals surface area (Å²) in [6, 6.07) is 27.9. The molecule has 0 aliphatic carbocycles. The lowest BCUT2D eigenvalue weighted by Gasteiger charge is -2.10. The Labute approximate surface area is 196 Å². The van der Waals surface area contributed by atoms with Crippen LogP contribution in [-0.4, -0.2) is 20.7 Å². The van der Waals surface area contributed by atoms with Gasteiger partial charge in [0.2, 0.25) is 0 Å². The monoisotopic (exact) mass is 447 g/mol. The van der Waals surface area contributed by atoms with Crippen molar-refractivity contribution in [3.8, 4) is 28.4 Å². The Morgan fingerprint density at radius 2 is 1.65 bits per heavy atom. The zero-order chi connectivity index (χ0) is 23.3. The molecule has 5 aromatic rings. The van der Waals surface area contributed by atoms with Gasteiger partial charge in [-0.3, -0.25) is 9.78 Å². The predicted molar refractivity (Wildman–Crippen MR) is 132 cm³/mol. The molecule has 0 aliphatic heterocycles. The minimum absolute atomic E-state index is 0.307. The Hall–Kier alpha value is -4.91. The molecule has 0 aliphatic rings. The summed E-state index contributed by atoms with van der Waals surface area (Å²) in [4.78, 5) is 17.4. The molecular weight excluding hydrogens is 426 g/mol. The Morgan fingerprint density at radius 3 is 2.38 bits per heavy atom. The number of ether oxygens (including phenoxy) is 1. The summed E-state index contributed by atoms with van der Waals surface area (Å²) in [7, 11) is 0. The third-order valence-electron chi connectivity index (χ3n) is 5.08. The van der Waals surface area contributed by atoms with Gasteiger partial charge in [-0.05, 0) is 30.3 Å². The van der Waals surface area contributed by atoms with Gasteiger partial charge < -0.3 is 15.8 Å². The van der Waals surface area contributed by atoms with Crippen LogP contribution in [0, 0.1) is 0 Å². The summed E-state index contributed by atoms with van der Waals surface area (Å²) in [5.41, 5.74) is 9.75. The molecule has 2 aromatic heterocycles. The minimum atomic E-state index is -0.307. The third kappa shape index (κ3) is 4.63. The SMILES string of the molecule is Nc1cc(NC(=O)c2cn(-c3ccccc3)nc2-c2ccccc2)cc(Oc2cccnc2)c1. The van der Waals surface area contributed by atoms with Crippen LogP contribution >= 0.6 is 0 Å². The number of carbonyl (C=O) groups is 1. The van der Waals surface area contributed by atoms with E-state index in [9.17, 15) is 4.79 Å². The van der Waals surface area contributed by atoms with Crippen LogP contribution in [0.25, 0.3) is 16.9 Å². The standard InChI is InChI=1S/C27H21N5O2/c28-20-14-21(16-24(15-20)34-23-12-7-13-29-17-23)30-27(33)25-18-32(22-10-5-2-6-11-22)31-26(25)19-8-3-1-4-9-19/h1-18H,28H2,(H,30,33). The van der Waals surface area contributed by atoms with Crippen LogP contribution < -0.4 is 15.8 Å². The number of para-hydroxylation sites is 1. The molecule has 5 rings (SSSR count). The van der Waals surface area contributed by atoms with E-state index >= 15 is 0 Å². The van der Waals surface area contributed by atoms with Crippen LogP contribution in [-0.2, 0) is 0 Å². The number of aromatic nitrogens is 3. The first kappa shape index (κ1) is 21.0. The molecule has 0 unspecified atom stereocenters. The van der Waals surface area contributed by atoms with Crippen LogP contribution in [0.3, 0.4) is 0 Å². The van der Waals surface area contributed by atoms with Crippen LogP contribution in [0.2, 0.25) is 0 Å². The van der Waals surface area contributed by atoms with Crippen molar-refractivity contribution in [2.75, 3.05) is 11.1 Å². The highest BCUT2D eigenvalue weighted by Gasteiger charge is 2.19. The lowest BCUT2D eigenvalue weighted by molar-refractivity contribution is 0.102. The quantitative estimate of drug-likeness (QED) is 0.332. The van der Waals surface area contributed by atoms with Crippen LogP contribution in [0.15, 0.2) is 110 Å². The smallest absolute Gasteiger partial charge is 0.259 e. The fraction of sp³-hybridized carbons (Fsp3) is 0. The molecular formula is C27H21N5O2.